The van der Waals surface area contributed by atoms with Crippen LogP contribution in [-0.4, -0.2) is 30.7 Å². The number of benzene rings is 1. The fourth-order valence-corrected chi connectivity index (χ4v) is 6.84. The SMILES string of the molecule is CCOc1cc(CNC(C)C23CC4CC(CC(C4)C2)C3)ccc1OCC(=O)NC(C)(C)C. The summed E-state index contributed by atoms with van der Waals surface area (Å²) in [7, 11) is 0. The summed E-state index contributed by atoms with van der Waals surface area (Å²) in [4.78, 5) is 12.1. The quantitative estimate of drug-likeness (QED) is 0.560. The average molecular weight is 443 g/mol. The Morgan fingerprint density at radius 3 is 2.25 bits per heavy atom. The Morgan fingerprint density at radius 2 is 1.69 bits per heavy atom. The van der Waals surface area contributed by atoms with Gasteiger partial charge in [-0.3, -0.25) is 4.79 Å². The van der Waals surface area contributed by atoms with Gasteiger partial charge < -0.3 is 20.1 Å². The molecule has 2 N–H and O–H groups in total. The molecule has 5 heteroatoms. The van der Waals surface area contributed by atoms with E-state index in [0.717, 1.165) is 24.3 Å². The van der Waals surface area contributed by atoms with E-state index in [9.17, 15) is 4.79 Å². The summed E-state index contributed by atoms with van der Waals surface area (Å²) < 4.78 is 11.6. The zero-order valence-corrected chi connectivity index (χ0v) is 20.6. The van der Waals surface area contributed by atoms with Crippen LogP contribution in [0.5, 0.6) is 11.5 Å². The lowest BCUT2D eigenvalue weighted by Gasteiger charge is -2.59. The van der Waals surface area contributed by atoms with Crippen LogP contribution in [0.25, 0.3) is 0 Å². The molecule has 0 aliphatic heterocycles. The topological polar surface area (TPSA) is 59.6 Å². The summed E-state index contributed by atoms with van der Waals surface area (Å²) in [5.41, 5.74) is 1.42. The molecular formula is C27H42N2O3. The Balaban J connectivity index is 1.36. The van der Waals surface area contributed by atoms with Crippen molar-refractivity contribution in [2.24, 2.45) is 23.2 Å². The molecule has 1 atom stereocenters. The van der Waals surface area contributed by atoms with Crippen LogP contribution in [-0.2, 0) is 11.3 Å². The van der Waals surface area contributed by atoms with Crippen molar-refractivity contribution in [1.29, 1.82) is 0 Å². The highest BCUT2D eigenvalue weighted by molar-refractivity contribution is 5.78. The van der Waals surface area contributed by atoms with Gasteiger partial charge in [0.05, 0.1) is 6.61 Å². The first-order valence-corrected chi connectivity index (χ1v) is 12.6. The number of hydrogen-bond acceptors (Lipinski definition) is 4. The predicted octanol–water partition coefficient (Wildman–Crippen LogP) is 5.07. The van der Waals surface area contributed by atoms with Gasteiger partial charge in [0.1, 0.15) is 0 Å². The van der Waals surface area contributed by atoms with Crippen molar-refractivity contribution in [1.82, 2.24) is 10.6 Å². The molecule has 0 aromatic heterocycles. The highest BCUT2D eigenvalue weighted by Crippen LogP contribution is 2.61. The van der Waals surface area contributed by atoms with E-state index in [-0.39, 0.29) is 18.1 Å². The highest BCUT2D eigenvalue weighted by Gasteiger charge is 2.52. The van der Waals surface area contributed by atoms with Gasteiger partial charge in [-0.05, 0) is 114 Å². The minimum atomic E-state index is -0.272. The van der Waals surface area contributed by atoms with Gasteiger partial charge >= 0.3 is 0 Å². The third-order valence-corrected chi connectivity index (χ3v) is 7.80. The van der Waals surface area contributed by atoms with Gasteiger partial charge in [-0.15, -0.1) is 0 Å². The summed E-state index contributed by atoms with van der Waals surface area (Å²) >= 11 is 0. The van der Waals surface area contributed by atoms with Crippen molar-refractivity contribution in [2.45, 2.75) is 91.3 Å². The second-order valence-corrected chi connectivity index (χ2v) is 11.7. The van der Waals surface area contributed by atoms with Gasteiger partial charge in [-0.2, -0.15) is 0 Å². The summed E-state index contributed by atoms with van der Waals surface area (Å²) in [6.45, 7) is 11.6. The fourth-order valence-electron chi connectivity index (χ4n) is 6.84. The van der Waals surface area contributed by atoms with Crippen LogP contribution >= 0.6 is 0 Å². The highest BCUT2D eigenvalue weighted by atomic mass is 16.5. The van der Waals surface area contributed by atoms with Crippen molar-refractivity contribution in [3.05, 3.63) is 23.8 Å². The van der Waals surface area contributed by atoms with Gasteiger partial charge in [0.25, 0.3) is 5.91 Å². The second kappa shape index (κ2) is 9.24. The molecular weight excluding hydrogens is 400 g/mol. The van der Waals surface area contributed by atoms with E-state index in [1.54, 1.807) is 0 Å². The zero-order chi connectivity index (χ0) is 22.9. The van der Waals surface area contributed by atoms with Crippen LogP contribution < -0.4 is 20.1 Å². The molecule has 1 unspecified atom stereocenters. The van der Waals surface area contributed by atoms with Crippen molar-refractivity contribution < 1.29 is 14.3 Å². The van der Waals surface area contributed by atoms with Crippen molar-refractivity contribution in [3.63, 3.8) is 0 Å². The lowest BCUT2D eigenvalue weighted by atomic mass is 9.48. The van der Waals surface area contributed by atoms with Gasteiger partial charge in [0, 0.05) is 18.1 Å². The maximum Gasteiger partial charge on any atom is 0.258 e. The molecule has 1 aromatic rings. The first-order chi connectivity index (χ1) is 15.2. The number of rotatable bonds is 9. The van der Waals surface area contributed by atoms with Gasteiger partial charge in [0.2, 0.25) is 0 Å². The fraction of sp³-hybridized carbons (Fsp3) is 0.741. The molecule has 5 rings (SSSR count). The number of ether oxygens (including phenoxy) is 2. The molecule has 32 heavy (non-hydrogen) atoms. The van der Waals surface area contributed by atoms with Crippen LogP contribution in [0.4, 0.5) is 0 Å². The number of amides is 1. The maximum atomic E-state index is 12.1. The molecule has 0 heterocycles. The summed E-state index contributed by atoms with van der Waals surface area (Å²) in [5.74, 6) is 4.12. The zero-order valence-electron chi connectivity index (χ0n) is 20.6. The van der Waals surface area contributed by atoms with Crippen LogP contribution in [0, 0.1) is 23.2 Å². The first-order valence-electron chi connectivity index (χ1n) is 12.6. The smallest absolute Gasteiger partial charge is 0.258 e. The molecule has 4 fully saturated rings. The summed E-state index contributed by atoms with van der Waals surface area (Å²) in [6.07, 6.45) is 8.71. The number of hydrogen-bond donors (Lipinski definition) is 2. The Bertz CT molecular complexity index is 778. The summed E-state index contributed by atoms with van der Waals surface area (Å²) in [6, 6.07) is 6.60. The second-order valence-electron chi connectivity index (χ2n) is 11.7. The van der Waals surface area contributed by atoms with E-state index in [0.29, 0.717) is 29.6 Å². The number of nitrogens with one attached hydrogen (secondary N) is 2. The molecule has 5 nitrogen and oxygen atoms in total. The monoisotopic (exact) mass is 442 g/mol. The van der Waals surface area contributed by atoms with E-state index in [4.69, 9.17) is 9.47 Å². The average Bonchev–Trinajstić information content (AvgIpc) is 2.69. The molecule has 0 spiro atoms. The molecule has 0 saturated heterocycles. The molecule has 4 aliphatic rings. The molecule has 0 radical (unpaired) electrons. The van der Waals surface area contributed by atoms with Crippen molar-refractivity contribution in [2.75, 3.05) is 13.2 Å². The Labute approximate surface area is 194 Å². The normalized spacial score (nSPS) is 29.6. The van der Waals surface area contributed by atoms with Crippen LogP contribution in [0.3, 0.4) is 0 Å². The number of carbonyl (C=O) groups excluding carboxylic acids is 1. The standard InChI is InChI=1S/C27H42N2O3/c1-6-31-24-12-19(7-8-23(24)32-17-25(30)29-26(3,4)5)16-28-18(2)27-13-20-9-21(14-27)11-22(10-20)15-27/h7-8,12,18,20-22,28H,6,9-11,13-17H2,1-5H3,(H,29,30). The largest absolute Gasteiger partial charge is 0.490 e. The molecule has 4 bridgehead atoms. The predicted molar refractivity (Wildman–Crippen MR) is 128 cm³/mol. The summed E-state index contributed by atoms with van der Waals surface area (Å²) in [5, 5.41) is 6.78. The lowest BCUT2D eigenvalue weighted by molar-refractivity contribution is -0.124. The minimum Gasteiger partial charge on any atom is -0.490 e. The molecule has 4 aliphatic carbocycles. The van der Waals surface area contributed by atoms with E-state index in [1.165, 1.54) is 44.1 Å². The van der Waals surface area contributed by atoms with Crippen LogP contribution in [0.2, 0.25) is 0 Å². The van der Waals surface area contributed by atoms with Crippen molar-refractivity contribution in [3.8, 4) is 11.5 Å². The van der Waals surface area contributed by atoms with Crippen LogP contribution in [0.1, 0.15) is 78.7 Å². The van der Waals surface area contributed by atoms with Crippen LogP contribution in [0.15, 0.2) is 18.2 Å². The van der Waals surface area contributed by atoms with Crippen molar-refractivity contribution >= 4 is 5.91 Å². The molecule has 4 saturated carbocycles. The van der Waals surface area contributed by atoms with Gasteiger partial charge in [-0.1, -0.05) is 6.07 Å². The maximum absolute atomic E-state index is 12.1. The molecule has 178 valence electrons. The lowest BCUT2D eigenvalue weighted by Crippen LogP contribution is -2.54. The third kappa shape index (κ3) is 5.41. The first kappa shape index (κ1) is 23.4. The van der Waals surface area contributed by atoms with E-state index in [1.807, 2.05) is 33.8 Å². The van der Waals surface area contributed by atoms with Gasteiger partial charge in [-0.25, -0.2) is 0 Å². The Kier molecular flexibility index (Phi) is 6.76. The van der Waals surface area contributed by atoms with E-state index < -0.39 is 0 Å². The van der Waals surface area contributed by atoms with Gasteiger partial charge in [0.15, 0.2) is 18.1 Å². The molecule has 1 amide bonds. The minimum absolute atomic E-state index is 0.0159. The van der Waals surface area contributed by atoms with E-state index in [2.05, 4.69) is 29.7 Å². The number of carbonyl (C=O) groups is 1. The third-order valence-electron chi connectivity index (χ3n) is 7.80. The Hall–Kier alpha value is -1.75. The Morgan fingerprint density at radius 1 is 1.06 bits per heavy atom. The van der Waals surface area contributed by atoms with E-state index >= 15 is 0 Å². The molecule has 1 aromatic carbocycles.